The van der Waals surface area contributed by atoms with Crippen molar-refractivity contribution in [1.82, 2.24) is 0 Å². The van der Waals surface area contributed by atoms with E-state index in [1.807, 2.05) is 60.7 Å². The fraction of sp³-hybridized carbons (Fsp3) is 0.188. The number of oxime groups is 1. The van der Waals surface area contributed by atoms with E-state index in [9.17, 15) is 5.11 Å². The second kappa shape index (κ2) is 5.27. The van der Waals surface area contributed by atoms with Gasteiger partial charge in [0.05, 0.1) is 5.88 Å². The summed E-state index contributed by atoms with van der Waals surface area (Å²) in [5, 5.41) is 14.7. The minimum Gasteiger partial charge on any atom is -0.382 e. The highest BCUT2D eigenvalue weighted by molar-refractivity contribution is 6.19. The number of hydrogen-bond acceptors (Lipinski definition) is 3. The number of aliphatic hydroxyl groups excluding tert-OH is 1. The van der Waals surface area contributed by atoms with E-state index in [0.717, 1.165) is 11.1 Å². The minimum absolute atomic E-state index is 0.123. The monoisotopic (exact) mass is 287 g/mol. The van der Waals surface area contributed by atoms with Crippen molar-refractivity contribution in [2.45, 2.75) is 11.7 Å². The smallest absolute Gasteiger partial charge is 0.207 e. The number of benzene rings is 2. The lowest BCUT2D eigenvalue weighted by Gasteiger charge is -2.28. The van der Waals surface area contributed by atoms with Crippen molar-refractivity contribution in [3.8, 4) is 0 Å². The number of nitrogens with zero attached hydrogens (tertiary/aromatic N) is 1. The van der Waals surface area contributed by atoms with Crippen molar-refractivity contribution >= 4 is 17.3 Å². The van der Waals surface area contributed by atoms with E-state index < -0.39 is 11.7 Å². The molecular formula is C16H14ClNO2. The Morgan fingerprint density at radius 1 is 1.05 bits per heavy atom. The van der Waals surface area contributed by atoms with Gasteiger partial charge in [0.1, 0.15) is 11.8 Å². The highest BCUT2D eigenvalue weighted by atomic mass is 35.5. The molecule has 1 aliphatic heterocycles. The summed E-state index contributed by atoms with van der Waals surface area (Å²) in [7, 11) is 0. The van der Waals surface area contributed by atoms with Gasteiger partial charge in [-0.15, -0.1) is 11.6 Å². The van der Waals surface area contributed by atoms with Crippen LogP contribution in [0.4, 0.5) is 0 Å². The molecule has 0 amide bonds. The van der Waals surface area contributed by atoms with Crippen LogP contribution in [0.25, 0.3) is 0 Å². The SMILES string of the molecule is OC1C(c2ccccc2)=NOC1(CCl)c1ccccc1. The van der Waals surface area contributed by atoms with E-state index in [1.165, 1.54) is 0 Å². The molecule has 0 saturated carbocycles. The number of alkyl halides is 1. The average molecular weight is 288 g/mol. The Bertz CT molecular complexity index is 615. The summed E-state index contributed by atoms with van der Waals surface area (Å²) in [6.07, 6.45) is -0.898. The van der Waals surface area contributed by atoms with E-state index in [2.05, 4.69) is 5.16 Å². The number of rotatable bonds is 3. The van der Waals surface area contributed by atoms with Crippen molar-refractivity contribution in [3.05, 3.63) is 71.8 Å². The largest absolute Gasteiger partial charge is 0.382 e. The molecule has 2 aromatic carbocycles. The van der Waals surface area contributed by atoms with Crippen LogP contribution in [-0.2, 0) is 10.4 Å². The Kier molecular flexibility index (Phi) is 3.47. The molecule has 4 heteroatoms. The van der Waals surface area contributed by atoms with Gasteiger partial charge in [0.25, 0.3) is 0 Å². The molecule has 2 aromatic rings. The van der Waals surface area contributed by atoms with Crippen molar-refractivity contribution < 1.29 is 9.94 Å². The molecule has 0 radical (unpaired) electrons. The van der Waals surface area contributed by atoms with Crippen LogP contribution in [0.15, 0.2) is 65.8 Å². The highest BCUT2D eigenvalue weighted by Crippen LogP contribution is 2.37. The number of halogens is 1. The predicted molar refractivity (Wildman–Crippen MR) is 78.9 cm³/mol. The van der Waals surface area contributed by atoms with Crippen molar-refractivity contribution in [2.75, 3.05) is 5.88 Å². The van der Waals surface area contributed by atoms with Gasteiger partial charge in [-0.05, 0) is 0 Å². The molecule has 3 nitrogen and oxygen atoms in total. The topological polar surface area (TPSA) is 41.8 Å². The lowest BCUT2D eigenvalue weighted by molar-refractivity contribution is -0.0641. The third-order valence-corrected chi connectivity index (χ3v) is 3.94. The Morgan fingerprint density at radius 2 is 1.65 bits per heavy atom. The van der Waals surface area contributed by atoms with E-state index in [1.54, 1.807) is 0 Å². The molecule has 0 spiro atoms. The van der Waals surface area contributed by atoms with Gasteiger partial charge in [-0.1, -0.05) is 65.8 Å². The van der Waals surface area contributed by atoms with Crippen molar-refractivity contribution in [3.63, 3.8) is 0 Å². The molecule has 1 N–H and O–H groups in total. The molecule has 102 valence electrons. The molecular weight excluding hydrogens is 274 g/mol. The fourth-order valence-corrected chi connectivity index (χ4v) is 2.73. The zero-order valence-corrected chi connectivity index (χ0v) is 11.5. The molecule has 20 heavy (non-hydrogen) atoms. The van der Waals surface area contributed by atoms with Gasteiger partial charge in [-0.25, -0.2) is 0 Å². The van der Waals surface area contributed by atoms with Crippen LogP contribution in [0.2, 0.25) is 0 Å². The first-order chi connectivity index (χ1) is 9.78. The lowest BCUT2D eigenvalue weighted by atomic mass is 9.86. The van der Waals surface area contributed by atoms with Crippen LogP contribution in [0.1, 0.15) is 11.1 Å². The van der Waals surface area contributed by atoms with Gasteiger partial charge in [-0.2, -0.15) is 0 Å². The number of hydrogen-bond donors (Lipinski definition) is 1. The van der Waals surface area contributed by atoms with Crippen molar-refractivity contribution in [1.29, 1.82) is 0 Å². The maximum atomic E-state index is 10.7. The van der Waals surface area contributed by atoms with E-state index in [0.29, 0.717) is 5.71 Å². The maximum absolute atomic E-state index is 10.7. The second-order valence-corrected chi connectivity index (χ2v) is 4.99. The first kappa shape index (κ1) is 13.2. The van der Waals surface area contributed by atoms with Gasteiger partial charge in [0.15, 0.2) is 0 Å². The summed E-state index contributed by atoms with van der Waals surface area (Å²) in [5.41, 5.74) is 1.14. The third kappa shape index (κ3) is 1.99. The van der Waals surface area contributed by atoms with Crippen LogP contribution in [0.3, 0.4) is 0 Å². The Labute approximate surface area is 122 Å². The standard InChI is InChI=1S/C16H14ClNO2/c17-11-16(13-9-5-2-6-10-13)15(19)14(18-20-16)12-7-3-1-4-8-12/h1-10,15,19H,11H2. The van der Waals surface area contributed by atoms with E-state index >= 15 is 0 Å². The van der Waals surface area contributed by atoms with Crippen LogP contribution < -0.4 is 0 Å². The molecule has 0 bridgehead atoms. The molecule has 1 heterocycles. The summed E-state index contributed by atoms with van der Waals surface area (Å²) < 4.78 is 0. The average Bonchev–Trinajstić information content (AvgIpc) is 2.87. The van der Waals surface area contributed by atoms with Gasteiger partial charge in [-0.3, -0.25) is 0 Å². The minimum atomic E-state index is -1.02. The molecule has 0 fully saturated rings. The summed E-state index contributed by atoms with van der Waals surface area (Å²) in [6.45, 7) is 0. The van der Waals surface area contributed by atoms with Crippen LogP contribution in [0.5, 0.6) is 0 Å². The van der Waals surface area contributed by atoms with Gasteiger partial charge >= 0.3 is 0 Å². The summed E-state index contributed by atoms with van der Waals surface area (Å²) in [5.74, 6) is 0.123. The molecule has 0 aromatic heterocycles. The molecule has 3 rings (SSSR count). The fourth-order valence-electron chi connectivity index (χ4n) is 2.38. The molecule has 1 aliphatic rings. The van der Waals surface area contributed by atoms with Crippen LogP contribution >= 0.6 is 11.6 Å². The Hall–Kier alpha value is -1.84. The zero-order chi connectivity index (χ0) is 14.0. The van der Waals surface area contributed by atoms with Crippen molar-refractivity contribution in [2.24, 2.45) is 5.16 Å². The molecule has 0 aliphatic carbocycles. The number of aliphatic hydroxyl groups is 1. The van der Waals surface area contributed by atoms with Gasteiger partial charge in [0, 0.05) is 11.1 Å². The lowest BCUT2D eigenvalue weighted by Crippen LogP contribution is -2.43. The summed E-state index contributed by atoms with van der Waals surface area (Å²) in [4.78, 5) is 5.56. The third-order valence-electron chi connectivity index (χ3n) is 3.54. The van der Waals surface area contributed by atoms with Crippen LogP contribution in [-0.4, -0.2) is 22.8 Å². The first-order valence-electron chi connectivity index (χ1n) is 6.39. The molecule has 0 saturated heterocycles. The maximum Gasteiger partial charge on any atom is 0.207 e. The van der Waals surface area contributed by atoms with Gasteiger partial charge in [0.2, 0.25) is 5.60 Å². The molecule has 2 atom stereocenters. The van der Waals surface area contributed by atoms with Gasteiger partial charge < -0.3 is 9.94 Å². The van der Waals surface area contributed by atoms with Crippen LogP contribution in [0, 0.1) is 0 Å². The Morgan fingerprint density at radius 3 is 2.25 bits per heavy atom. The quantitative estimate of drug-likeness (QED) is 0.882. The predicted octanol–water partition coefficient (Wildman–Crippen LogP) is 2.92. The Balaban J connectivity index is 1.99. The first-order valence-corrected chi connectivity index (χ1v) is 6.92. The summed E-state index contributed by atoms with van der Waals surface area (Å²) in [6, 6.07) is 18.9. The summed E-state index contributed by atoms with van der Waals surface area (Å²) >= 11 is 6.09. The zero-order valence-electron chi connectivity index (χ0n) is 10.7. The normalized spacial score (nSPS) is 25.1. The highest BCUT2D eigenvalue weighted by Gasteiger charge is 2.49. The van der Waals surface area contributed by atoms with E-state index in [-0.39, 0.29) is 5.88 Å². The van der Waals surface area contributed by atoms with E-state index in [4.69, 9.17) is 16.4 Å². The second-order valence-electron chi connectivity index (χ2n) is 4.73. The molecule has 2 unspecified atom stereocenters.